The number of nitrogens with zero attached hydrogens (tertiary/aromatic N) is 1. The fraction of sp³-hybridized carbons (Fsp3) is 1.00. The number of hydrogen-bond donors (Lipinski definition) is 1. The predicted octanol–water partition coefficient (Wildman–Crippen LogP) is 2.65. The molecule has 0 spiro atoms. The Labute approximate surface area is 119 Å². The maximum Gasteiger partial charge on any atom is 0.0760 e. The molecule has 112 valence electrons. The van der Waals surface area contributed by atoms with Crippen molar-refractivity contribution in [3.05, 3.63) is 0 Å². The minimum atomic E-state index is -0.0151. The molecule has 3 nitrogen and oxygen atoms in total. The Morgan fingerprint density at radius 2 is 1.74 bits per heavy atom. The van der Waals surface area contributed by atoms with Gasteiger partial charge in [-0.3, -0.25) is 4.90 Å². The Morgan fingerprint density at radius 1 is 1.11 bits per heavy atom. The van der Waals surface area contributed by atoms with Crippen molar-refractivity contribution in [3.8, 4) is 0 Å². The van der Waals surface area contributed by atoms with E-state index in [-0.39, 0.29) is 11.2 Å². The zero-order chi connectivity index (χ0) is 14.1. The van der Waals surface area contributed by atoms with Gasteiger partial charge in [0.1, 0.15) is 0 Å². The average molecular weight is 268 g/mol. The van der Waals surface area contributed by atoms with Crippen molar-refractivity contribution in [3.63, 3.8) is 0 Å². The monoisotopic (exact) mass is 268 g/mol. The first kappa shape index (κ1) is 15.3. The SMILES string of the molecule is CCCNCC1CCC1N1CC(C)(C)OC(C)(C)C1. The molecule has 0 amide bonds. The molecular formula is C16H32N2O. The fourth-order valence-corrected chi connectivity index (χ4v) is 3.82. The molecule has 0 aromatic heterocycles. The van der Waals surface area contributed by atoms with E-state index >= 15 is 0 Å². The summed E-state index contributed by atoms with van der Waals surface area (Å²) in [6.45, 7) is 15.6. The van der Waals surface area contributed by atoms with Crippen LogP contribution in [0.25, 0.3) is 0 Å². The normalized spacial score (nSPS) is 33.9. The van der Waals surface area contributed by atoms with Gasteiger partial charge in [0, 0.05) is 19.1 Å². The van der Waals surface area contributed by atoms with E-state index in [9.17, 15) is 0 Å². The molecule has 1 aliphatic heterocycles. The van der Waals surface area contributed by atoms with E-state index in [1.54, 1.807) is 0 Å². The largest absolute Gasteiger partial charge is 0.367 e. The van der Waals surface area contributed by atoms with Crippen molar-refractivity contribution in [2.75, 3.05) is 26.2 Å². The zero-order valence-corrected chi connectivity index (χ0v) is 13.5. The van der Waals surface area contributed by atoms with Gasteiger partial charge >= 0.3 is 0 Å². The van der Waals surface area contributed by atoms with Crippen LogP contribution < -0.4 is 5.32 Å². The molecule has 1 aliphatic carbocycles. The van der Waals surface area contributed by atoms with E-state index in [4.69, 9.17) is 4.74 Å². The van der Waals surface area contributed by atoms with Crippen LogP contribution in [0.5, 0.6) is 0 Å². The van der Waals surface area contributed by atoms with Crippen molar-refractivity contribution in [1.29, 1.82) is 0 Å². The summed E-state index contributed by atoms with van der Waals surface area (Å²) >= 11 is 0. The summed E-state index contributed by atoms with van der Waals surface area (Å²) in [5, 5.41) is 3.59. The second-order valence-corrected chi connectivity index (χ2v) is 7.64. The molecule has 1 saturated carbocycles. The minimum absolute atomic E-state index is 0.0151. The lowest BCUT2D eigenvalue weighted by Crippen LogP contribution is -2.63. The molecule has 0 bridgehead atoms. The summed E-state index contributed by atoms with van der Waals surface area (Å²) in [6, 6.07) is 0.770. The Hall–Kier alpha value is -0.120. The summed E-state index contributed by atoms with van der Waals surface area (Å²) in [4.78, 5) is 2.69. The standard InChI is InChI=1S/C16H32N2O/c1-6-9-17-10-13-7-8-14(13)18-11-15(2,3)19-16(4,5)12-18/h13-14,17H,6-12H2,1-5H3. The van der Waals surface area contributed by atoms with E-state index in [0.29, 0.717) is 0 Å². The van der Waals surface area contributed by atoms with Crippen LogP contribution in [0.4, 0.5) is 0 Å². The Balaban J connectivity index is 1.90. The molecule has 19 heavy (non-hydrogen) atoms. The average Bonchev–Trinajstić information content (AvgIpc) is 2.17. The third-order valence-electron chi connectivity index (χ3n) is 4.40. The zero-order valence-electron chi connectivity index (χ0n) is 13.5. The van der Waals surface area contributed by atoms with Gasteiger partial charge in [-0.1, -0.05) is 6.92 Å². The summed E-state index contributed by atoms with van der Waals surface area (Å²) in [7, 11) is 0. The smallest absolute Gasteiger partial charge is 0.0760 e. The Kier molecular flexibility index (Phi) is 4.59. The van der Waals surface area contributed by atoms with Crippen LogP contribution in [0, 0.1) is 5.92 Å². The molecule has 1 N–H and O–H groups in total. The number of morpholine rings is 1. The lowest BCUT2D eigenvalue weighted by atomic mass is 9.77. The van der Waals surface area contributed by atoms with Crippen LogP contribution in [-0.4, -0.2) is 48.3 Å². The molecule has 2 unspecified atom stereocenters. The van der Waals surface area contributed by atoms with Crippen molar-refractivity contribution in [1.82, 2.24) is 10.2 Å². The van der Waals surface area contributed by atoms with Crippen molar-refractivity contribution in [2.24, 2.45) is 5.92 Å². The Bertz CT molecular complexity index is 285. The quantitative estimate of drug-likeness (QED) is 0.776. The van der Waals surface area contributed by atoms with E-state index in [1.807, 2.05) is 0 Å². The third kappa shape index (κ3) is 3.93. The fourth-order valence-electron chi connectivity index (χ4n) is 3.82. The molecule has 2 aliphatic rings. The number of nitrogens with one attached hydrogen (secondary N) is 1. The van der Waals surface area contributed by atoms with Gasteiger partial charge in [-0.25, -0.2) is 0 Å². The van der Waals surface area contributed by atoms with Gasteiger partial charge in [0.25, 0.3) is 0 Å². The summed E-state index contributed by atoms with van der Waals surface area (Å²) in [6.07, 6.45) is 3.99. The van der Waals surface area contributed by atoms with E-state index in [0.717, 1.165) is 31.6 Å². The van der Waals surface area contributed by atoms with Gasteiger partial charge in [0.15, 0.2) is 0 Å². The van der Waals surface area contributed by atoms with Gasteiger partial charge in [0.05, 0.1) is 11.2 Å². The first-order chi connectivity index (χ1) is 8.83. The van der Waals surface area contributed by atoms with Crippen molar-refractivity contribution >= 4 is 0 Å². The van der Waals surface area contributed by atoms with Gasteiger partial charge in [-0.05, 0) is 66.0 Å². The van der Waals surface area contributed by atoms with E-state index in [2.05, 4.69) is 44.8 Å². The second-order valence-electron chi connectivity index (χ2n) is 7.64. The van der Waals surface area contributed by atoms with Gasteiger partial charge in [-0.15, -0.1) is 0 Å². The molecule has 0 aromatic carbocycles. The molecule has 1 saturated heterocycles. The first-order valence-electron chi connectivity index (χ1n) is 7.98. The number of ether oxygens (including phenoxy) is 1. The van der Waals surface area contributed by atoms with Crippen LogP contribution in [0.3, 0.4) is 0 Å². The Morgan fingerprint density at radius 3 is 2.21 bits per heavy atom. The van der Waals surface area contributed by atoms with Gasteiger partial charge < -0.3 is 10.1 Å². The van der Waals surface area contributed by atoms with Gasteiger partial charge in [0.2, 0.25) is 0 Å². The second kappa shape index (κ2) is 5.71. The van der Waals surface area contributed by atoms with Crippen LogP contribution in [0.15, 0.2) is 0 Å². The van der Waals surface area contributed by atoms with Crippen LogP contribution >= 0.6 is 0 Å². The predicted molar refractivity (Wildman–Crippen MR) is 80.5 cm³/mol. The van der Waals surface area contributed by atoms with Crippen molar-refractivity contribution < 1.29 is 4.74 Å². The minimum Gasteiger partial charge on any atom is -0.367 e. The molecular weight excluding hydrogens is 236 g/mol. The van der Waals surface area contributed by atoms with Crippen molar-refractivity contribution in [2.45, 2.75) is 71.1 Å². The van der Waals surface area contributed by atoms with Crippen LogP contribution in [0.2, 0.25) is 0 Å². The van der Waals surface area contributed by atoms with Crippen LogP contribution in [0.1, 0.15) is 53.9 Å². The highest BCUT2D eigenvalue weighted by molar-refractivity contribution is 4.97. The number of hydrogen-bond acceptors (Lipinski definition) is 3. The van der Waals surface area contributed by atoms with E-state index in [1.165, 1.54) is 25.8 Å². The topological polar surface area (TPSA) is 24.5 Å². The summed E-state index contributed by atoms with van der Waals surface area (Å²) in [5.74, 6) is 0.844. The highest BCUT2D eigenvalue weighted by Gasteiger charge is 2.44. The highest BCUT2D eigenvalue weighted by atomic mass is 16.5. The molecule has 3 heteroatoms. The summed E-state index contributed by atoms with van der Waals surface area (Å²) in [5.41, 5.74) is -0.0303. The molecule has 2 rings (SSSR count). The lowest BCUT2D eigenvalue weighted by molar-refractivity contribution is -0.197. The maximum absolute atomic E-state index is 6.19. The van der Waals surface area contributed by atoms with Gasteiger partial charge in [-0.2, -0.15) is 0 Å². The molecule has 2 atom stereocenters. The maximum atomic E-state index is 6.19. The molecule has 0 aromatic rings. The molecule has 0 radical (unpaired) electrons. The first-order valence-corrected chi connectivity index (χ1v) is 7.98. The highest BCUT2D eigenvalue weighted by Crippen LogP contribution is 2.37. The lowest BCUT2D eigenvalue weighted by Gasteiger charge is -2.54. The number of rotatable bonds is 5. The van der Waals surface area contributed by atoms with E-state index < -0.39 is 0 Å². The molecule has 2 fully saturated rings. The molecule has 1 heterocycles. The third-order valence-corrected chi connectivity index (χ3v) is 4.40. The van der Waals surface area contributed by atoms with Crippen LogP contribution in [-0.2, 0) is 4.74 Å². The summed E-state index contributed by atoms with van der Waals surface area (Å²) < 4.78 is 6.19.